The van der Waals surface area contributed by atoms with Crippen LogP contribution in [0.3, 0.4) is 0 Å². The van der Waals surface area contributed by atoms with Gasteiger partial charge in [0, 0.05) is 60.4 Å². The Hall–Kier alpha value is -6.76. The zero-order valence-electron chi connectivity index (χ0n) is 42.5. The Bertz CT molecular complexity index is 3900. The monoisotopic (exact) mass is 941 g/mol. The van der Waals surface area contributed by atoms with Crippen LogP contribution in [0.15, 0.2) is 156 Å². The molecule has 1 fully saturated rings. The Morgan fingerprint density at radius 1 is 0.535 bits per heavy atom. The number of fused-ring (bicyclic) bond motifs is 13. The maximum Gasteiger partial charge on any atom is 0.252 e. The lowest BCUT2D eigenvalue weighted by molar-refractivity contribution is 0.195. The van der Waals surface area contributed by atoms with E-state index in [-0.39, 0.29) is 28.5 Å². The van der Waals surface area contributed by atoms with Crippen LogP contribution in [0.1, 0.15) is 103 Å². The van der Waals surface area contributed by atoms with Crippen LogP contribution in [-0.4, -0.2) is 12.3 Å². The number of rotatable bonds is 3. The van der Waals surface area contributed by atoms with Gasteiger partial charge in [-0.15, -0.1) is 11.3 Å². The predicted molar refractivity (Wildman–Crippen MR) is 306 cm³/mol. The molecule has 0 spiro atoms. The Morgan fingerprint density at radius 3 is 1.94 bits per heavy atom. The summed E-state index contributed by atoms with van der Waals surface area (Å²) in [5.74, 6) is 0. The van der Waals surface area contributed by atoms with Gasteiger partial charge in [0.25, 0.3) is 6.71 Å². The van der Waals surface area contributed by atoms with Crippen LogP contribution in [-0.2, 0) is 16.2 Å². The second-order valence-electron chi connectivity index (χ2n) is 23.7. The maximum atomic E-state index is 6.63. The Kier molecular flexibility index (Phi) is 8.90. The highest BCUT2D eigenvalue weighted by atomic mass is 32.1. The summed E-state index contributed by atoms with van der Waals surface area (Å²) in [6, 6.07) is 58.4. The number of aryl methyl sites for hydroxylation is 1. The van der Waals surface area contributed by atoms with Gasteiger partial charge in [0.1, 0.15) is 11.2 Å². The second kappa shape index (κ2) is 14.7. The fraction of sp³-hybridized carbons (Fsp3) is 0.262. The molecule has 1 aliphatic carbocycles. The molecule has 0 bridgehead atoms. The molecule has 0 saturated heterocycles. The molecule has 0 radical (unpaired) electrons. The van der Waals surface area contributed by atoms with E-state index in [0.717, 1.165) is 34.0 Å². The standard InChI is InChI=1S/C65H60BN3OS/c1-39-34-54-60-55(35-39)68(51-22-16-20-44-43-18-11-13-25-58(43)71-61(44)51)53-38-42(69-49-31-27-40(62(2,3)4)36-46(49)64(8)32-14-15-33-65(64,69)9)28-30-48(53)66(60)47-29-26-41(63(5,6)7)37-52(47)67(54)50-21-17-24-57-59(50)45-19-10-12-23-56(45)70-57/h10-13,16-31,34-38H,14-15,32-33H2,1-9H3. The normalized spacial score (nSPS) is 19.4. The van der Waals surface area contributed by atoms with E-state index in [1.165, 1.54) is 118 Å². The molecule has 8 aromatic carbocycles. The lowest BCUT2D eigenvalue weighted by Crippen LogP contribution is -2.61. The molecule has 6 heteroatoms. The molecular formula is C65H60BN3OS. The van der Waals surface area contributed by atoms with Gasteiger partial charge in [-0.05, 0) is 143 Å². The van der Waals surface area contributed by atoms with Crippen molar-refractivity contribution in [1.82, 2.24) is 0 Å². The fourth-order valence-electron chi connectivity index (χ4n) is 13.7. The zero-order valence-corrected chi connectivity index (χ0v) is 43.3. The Labute approximate surface area is 422 Å². The highest BCUT2D eigenvalue weighted by molar-refractivity contribution is 7.26. The minimum Gasteiger partial charge on any atom is -0.456 e. The summed E-state index contributed by atoms with van der Waals surface area (Å²) in [6.07, 6.45) is 4.83. The summed E-state index contributed by atoms with van der Waals surface area (Å²) in [5, 5.41) is 4.89. The molecule has 350 valence electrons. The van der Waals surface area contributed by atoms with Gasteiger partial charge in [-0.25, -0.2) is 0 Å². The molecule has 5 heterocycles. The van der Waals surface area contributed by atoms with Gasteiger partial charge in [0.2, 0.25) is 0 Å². The van der Waals surface area contributed by atoms with Crippen molar-refractivity contribution in [3.8, 4) is 0 Å². The molecule has 4 nitrogen and oxygen atoms in total. The summed E-state index contributed by atoms with van der Waals surface area (Å²) >= 11 is 1.92. The number of furan rings is 1. The van der Waals surface area contributed by atoms with E-state index < -0.39 is 0 Å². The van der Waals surface area contributed by atoms with Crippen molar-refractivity contribution in [2.24, 2.45) is 0 Å². The van der Waals surface area contributed by atoms with Crippen LogP contribution in [0.4, 0.5) is 45.5 Å². The molecule has 1 saturated carbocycles. The van der Waals surface area contributed by atoms with Gasteiger partial charge in [-0.1, -0.05) is 146 Å². The van der Waals surface area contributed by atoms with Crippen LogP contribution < -0.4 is 31.1 Å². The molecule has 0 N–H and O–H groups in total. The molecule has 3 aliphatic heterocycles. The fourth-order valence-corrected chi connectivity index (χ4v) is 14.9. The summed E-state index contributed by atoms with van der Waals surface area (Å²) in [6.45, 7) is 21.5. The third kappa shape index (κ3) is 5.92. The van der Waals surface area contributed by atoms with Gasteiger partial charge in [0.05, 0.1) is 27.0 Å². The second-order valence-corrected chi connectivity index (χ2v) is 24.8. The third-order valence-corrected chi connectivity index (χ3v) is 18.7. The SMILES string of the molecule is Cc1cc2c3c(c1)N(c1cccc4oc5ccccc5c14)c1cc(C(C)(C)C)ccc1B3c1ccc(N3c4ccc(C(C)(C)C)cc4C4(C)CCCCC34C)cc1N2c1cccc2c1sc1ccccc12. The van der Waals surface area contributed by atoms with Crippen LogP contribution in [0.25, 0.3) is 42.1 Å². The lowest BCUT2D eigenvalue weighted by Gasteiger charge is -2.50. The van der Waals surface area contributed by atoms with Gasteiger partial charge in [-0.2, -0.15) is 0 Å². The van der Waals surface area contributed by atoms with Crippen molar-refractivity contribution in [3.05, 3.63) is 174 Å². The van der Waals surface area contributed by atoms with E-state index in [4.69, 9.17) is 4.42 Å². The topological polar surface area (TPSA) is 22.9 Å². The highest BCUT2D eigenvalue weighted by Crippen LogP contribution is 2.62. The molecular weight excluding hydrogens is 882 g/mol. The maximum absolute atomic E-state index is 6.63. The average Bonchev–Trinajstić information content (AvgIpc) is 3.99. The quantitative estimate of drug-likeness (QED) is 0.165. The van der Waals surface area contributed by atoms with Crippen molar-refractivity contribution in [2.45, 2.75) is 110 Å². The van der Waals surface area contributed by atoms with Gasteiger partial charge < -0.3 is 19.1 Å². The minimum atomic E-state index is -0.0927. The van der Waals surface area contributed by atoms with Crippen molar-refractivity contribution < 1.29 is 4.42 Å². The van der Waals surface area contributed by atoms with E-state index in [9.17, 15) is 0 Å². The van der Waals surface area contributed by atoms with Gasteiger partial charge in [0.15, 0.2) is 0 Å². The number of benzene rings is 8. The van der Waals surface area contributed by atoms with Crippen molar-refractivity contribution in [3.63, 3.8) is 0 Å². The minimum absolute atomic E-state index is 0.0123. The number of nitrogens with zero attached hydrogens (tertiary/aromatic N) is 3. The van der Waals surface area contributed by atoms with E-state index in [2.05, 4.69) is 229 Å². The van der Waals surface area contributed by atoms with E-state index in [0.29, 0.717) is 0 Å². The number of anilines is 8. The van der Waals surface area contributed by atoms with Crippen LogP contribution in [0.5, 0.6) is 0 Å². The van der Waals surface area contributed by atoms with E-state index >= 15 is 0 Å². The molecule has 14 rings (SSSR count). The van der Waals surface area contributed by atoms with Crippen LogP contribution >= 0.6 is 11.3 Å². The lowest BCUT2D eigenvalue weighted by atomic mass is 9.33. The summed E-state index contributed by atoms with van der Waals surface area (Å²) in [4.78, 5) is 8.04. The third-order valence-electron chi connectivity index (χ3n) is 17.5. The van der Waals surface area contributed by atoms with Crippen molar-refractivity contribution >= 4 is 122 Å². The largest absolute Gasteiger partial charge is 0.456 e. The number of hydrogen-bond acceptors (Lipinski definition) is 5. The van der Waals surface area contributed by atoms with Gasteiger partial charge >= 0.3 is 0 Å². The van der Waals surface area contributed by atoms with Gasteiger partial charge in [-0.3, -0.25) is 0 Å². The first-order valence-corrected chi connectivity index (χ1v) is 26.7. The number of para-hydroxylation sites is 1. The van der Waals surface area contributed by atoms with Crippen molar-refractivity contribution in [2.75, 3.05) is 14.7 Å². The zero-order chi connectivity index (χ0) is 48.5. The predicted octanol–water partition coefficient (Wildman–Crippen LogP) is 16.7. The molecule has 10 aromatic rings. The average molecular weight is 942 g/mol. The van der Waals surface area contributed by atoms with E-state index in [1.807, 2.05) is 11.3 Å². The molecule has 2 atom stereocenters. The molecule has 0 amide bonds. The smallest absolute Gasteiger partial charge is 0.252 e. The number of thiophene rings is 1. The van der Waals surface area contributed by atoms with Crippen molar-refractivity contribution in [1.29, 1.82) is 0 Å². The Morgan fingerprint density at radius 2 is 1.15 bits per heavy atom. The number of hydrogen-bond donors (Lipinski definition) is 0. The summed E-state index contributed by atoms with van der Waals surface area (Å²) in [7, 11) is 0. The first kappa shape index (κ1) is 43.1. The molecule has 2 aromatic heterocycles. The summed E-state index contributed by atoms with van der Waals surface area (Å²) < 4.78 is 9.25. The Balaban J connectivity index is 1.08. The first-order valence-electron chi connectivity index (χ1n) is 25.9. The molecule has 2 unspecified atom stereocenters. The van der Waals surface area contributed by atoms with Crippen LogP contribution in [0.2, 0.25) is 0 Å². The van der Waals surface area contributed by atoms with E-state index in [1.54, 1.807) is 0 Å². The molecule has 71 heavy (non-hydrogen) atoms. The molecule has 4 aliphatic rings. The van der Waals surface area contributed by atoms with Crippen LogP contribution in [0, 0.1) is 6.92 Å². The first-order chi connectivity index (χ1) is 34.1. The summed E-state index contributed by atoms with van der Waals surface area (Å²) in [5.41, 5.74) is 21.1. The highest BCUT2D eigenvalue weighted by Gasteiger charge is 2.58.